The molecule has 23 heavy (non-hydrogen) atoms. The van der Waals surface area contributed by atoms with Crippen molar-refractivity contribution in [3.8, 4) is 0 Å². The van der Waals surface area contributed by atoms with Gasteiger partial charge in [0.15, 0.2) is 0 Å². The Hall–Kier alpha value is -1.86. The Morgan fingerprint density at radius 2 is 1.78 bits per heavy atom. The molecule has 4 N–H and O–H groups in total. The Bertz CT molecular complexity index is 589. The second-order valence-electron chi connectivity index (χ2n) is 4.86. The van der Waals surface area contributed by atoms with Crippen LogP contribution in [0.15, 0.2) is 59.5 Å². The number of benzene rings is 2. The van der Waals surface area contributed by atoms with Crippen LogP contribution >= 0.6 is 11.8 Å². The number of nitrogens with two attached hydrogens (primary N) is 1. The van der Waals surface area contributed by atoms with Gasteiger partial charge >= 0.3 is 0 Å². The molecule has 0 spiro atoms. The summed E-state index contributed by atoms with van der Waals surface area (Å²) in [7, 11) is 0. The van der Waals surface area contributed by atoms with Crippen molar-refractivity contribution >= 4 is 17.7 Å². The van der Waals surface area contributed by atoms with Gasteiger partial charge in [-0.2, -0.15) is 0 Å². The molecule has 5 nitrogen and oxygen atoms in total. The van der Waals surface area contributed by atoms with E-state index in [-0.39, 0.29) is 11.4 Å². The quantitative estimate of drug-likeness (QED) is 0.586. The number of nitrogens with one attached hydrogen (secondary N) is 1. The number of carbonyl (C=O) groups is 1. The first-order valence-electron chi connectivity index (χ1n) is 7.10. The summed E-state index contributed by atoms with van der Waals surface area (Å²) in [6.45, 7) is 0.580. The molecule has 0 radical (unpaired) electrons. The highest BCUT2D eigenvalue weighted by atomic mass is 32.2. The lowest BCUT2D eigenvalue weighted by Gasteiger charge is -2.16. The highest BCUT2D eigenvalue weighted by Crippen LogP contribution is 2.16. The van der Waals surface area contributed by atoms with Gasteiger partial charge in [-0.3, -0.25) is 4.79 Å². The van der Waals surface area contributed by atoms with Crippen molar-refractivity contribution < 1.29 is 15.4 Å². The van der Waals surface area contributed by atoms with Gasteiger partial charge in [-0.1, -0.05) is 48.7 Å². The van der Waals surface area contributed by atoms with Crippen LogP contribution < -0.4 is 16.2 Å². The zero-order valence-electron chi connectivity index (χ0n) is 12.6. The average molecular weight is 332 g/mol. The molecular weight excluding hydrogens is 312 g/mol. The van der Waals surface area contributed by atoms with E-state index in [1.54, 1.807) is 12.1 Å². The number of rotatable bonds is 7. The largest absolute Gasteiger partial charge is 0.870 e. The number of hydrogen-bond acceptors (Lipinski definition) is 5. The number of carbonyl (C=O) groups excluding carboxylic acids is 1. The topological polar surface area (TPSA) is 108 Å². The first-order chi connectivity index (χ1) is 10.6. The second kappa shape index (κ2) is 10.0. The van der Waals surface area contributed by atoms with Crippen LogP contribution in [0.4, 0.5) is 0 Å². The van der Waals surface area contributed by atoms with Gasteiger partial charge in [-0.25, -0.2) is 0 Å². The maximum absolute atomic E-state index is 11.8. The zero-order valence-corrected chi connectivity index (χ0v) is 13.5. The molecule has 2 rings (SSSR count). The van der Waals surface area contributed by atoms with Crippen molar-refractivity contribution in [3.05, 3.63) is 65.7 Å². The zero-order chi connectivity index (χ0) is 15.8. The Morgan fingerprint density at radius 1 is 1.13 bits per heavy atom. The number of hydrogen-bond donors (Lipinski definition) is 2. The maximum Gasteiger partial charge on any atom is 0.230 e. The van der Waals surface area contributed by atoms with Gasteiger partial charge in [0.1, 0.15) is 0 Å². The van der Waals surface area contributed by atoms with E-state index in [9.17, 15) is 9.90 Å². The highest BCUT2D eigenvalue weighted by Gasteiger charge is 2.02. The summed E-state index contributed by atoms with van der Waals surface area (Å²) in [5.41, 5.74) is 6.92. The van der Waals surface area contributed by atoms with Gasteiger partial charge in [-0.05, 0) is 29.7 Å². The Balaban J connectivity index is 0.00000264. The van der Waals surface area contributed by atoms with Crippen LogP contribution in [0.25, 0.3) is 0 Å². The summed E-state index contributed by atoms with van der Waals surface area (Å²) in [6.07, 6.45) is -0.459. The fourth-order valence-corrected chi connectivity index (χ4v) is 2.69. The molecule has 0 heterocycles. The van der Waals surface area contributed by atoms with E-state index in [1.165, 1.54) is 11.8 Å². The van der Waals surface area contributed by atoms with Crippen molar-refractivity contribution in [1.82, 2.24) is 5.32 Å². The molecule has 0 bridgehead atoms. The van der Waals surface area contributed by atoms with Gasteiger partial charge in [0.2, 0.25) is 5.91 Å². The molecule has 0 aliphatic rings. The first-order valence-corrected chi connectivity index (χ1v) is 8.08. The molecular formula is C17H20N2O3S-2. The minimum atomic E-state index is -1.19. The summed E-state index contributed by atoms with van der Waals surface area (Å²) < 4.78 is 0. The second-order valence-corrected chi connectivity index (χ2v) is 5.91. The molecule has 1 atom stereocenters. The lowest BCUT2D eigenvalue weighted by molar-refractivity contribution is -0.424. The van der Waals surface area contributed by atoms with Gasteiger partial charge < -0.3 is 21.6 Å². The molecule has 0 aromatic heterocycles. The molecule has 2 aromatic carbocycles. The fraction of sp³-hybridized carbons (Fsp3) is 0.235. The fourth-order valence-electron chi connectivity index (χ4n) is 1.94. The molecule has 6 heteroatoms. The van der Waals surface area contributed by atoms with Crippen LogP contribution in [-0.4, -0.2) is 23.7 Å². The number of amides is 1. The van der Waals surface area contributed by atoms with Gasteiger partial charge in [0.25, 0.3) is 0 Å². The van der Waals surface area contributed by atoms with Crippen LogP contribution in [0, 0.1) is 0 Å². The van der Waals surface area contributed by atoms with Crippen molar-refractivity contribution in [1.29, 1.82) is 0 Å². The smallest absolute Gasteiger partial charge is 0.230 e. The van der Waals surface area contributed by atoms with Crippen LogP contribution in [0.3, 0.4) is 0 Å². The average Bonchev–Trinajstić information content (AvgIpc) is 2.54. The SMILES string of the molecule is NC([O-])c1ccc(CCNC(=O)CSc2ccccc2)cc1.[OH-]. The lowest BCUT2D eigenvalue weighted by atomic mass is 10.1. The number of thioether (sulfide) groups is 1. The van der Waals surface area contributed by atoms with E-state index in [1.807, 2.05) is 42.5 Å². The standard InChI is InChI=1S/C17H19N2O2S.H2O/c18-17(21)14-8-6-13(7-9-14)10-11-19-16(20)12-22-15-4-2-1-3-5-15;/h1-9,17H,10-12,18H2,(H,19,20);1H2/q-1;/p-1. The molecule has 124 valence electrons. The molecule has 2 aromatic rings. The van der Waals surface area contributed by atoms with Crippen molar-refractivity contribution in [3.63, 3.8) is 0 Å². The monoisotopic (exact) mass is 332 g/mol. The van der Waals surface area contributed by atoms with E-state index in [0.717, 1.165) is 16.9 Å². The molecule has 0 aliphatic heterocycles. The van der Waals surface area contributed by atoms with Crippen LogP contribution in [-0.2, 0) is 11.2 Å². The molecule has 1 amide bonds. The van der Waals surface area contributed by atoms with Crippen molar-refractivity contribution in [2.45, 2.75) is 17.5 Å². The van der Waals surface area contributed by atoms with Crippen LogP contribution in [0.2, 0.25) is 0 Å². The highest BCUT2D eigenvalue weighted by molar-refractivity contribution is 8.00. The molecule has 0 fully saturated rings. The Morgan fingerprint density at radius 3 is 2.39 bits per heavy atom. The molecule has 0 saturated carbocycles. The Kier molecular flexibility index (Phi) is 8.36. The van der Waals surface area contributed by atoms with Crippen molar-refractivity contribution in [2.24, 2.45) is 5.73 Å². The van der Waals surface area contributed by atoms with E-state index in [2.05, 4.69) is 5.32 Å². The third-order valence-corrected chi connectivity index (χ3v) is 4.17. The van der Waals surface area contributed by atoms with Crippen molar-refractivity contribution in [2.75, 3.05) is 12.3 Å². The summed E-state index contributed by atoms with van der Waals surface area (Å²) in [4.78, 5) is 12.8. The van der Waals surface area contributed by atoms with E-state index >= 15 is 0 Å². The van der Waals surface area contributed by atoms with Gasteiger partial charge in [-0.15, -0.1) is 11.8 Å². The van der Waals surface area contributed by atoms with E-state index < -0.39 is 6.23 Å². The lowest BCUT2D eigenvalue weighted by Crippen LogP contribution is -2.27. The first kappa shape index (κ1) is 19.2. The Labute approximate surface area is 140 Å². The van der Waals surface area contributed by atoms with Gasteiger partial charge in [0, 0.05) is 11.4 Å². The minimum Gasteiger partial charge on any atom is -0.870 e. The summed E-state index contributed by atoms with van der Waals surface area (Å²) in [6, 6.07) is 17.1. The molecule has 0 aliphatic carbocycles. The predicted molar refractivity (Wildman–Crippen MR) is 89.2 cm³/mol. The third kappa shape index (κ3) is 6.83. The summed E-state index contributed by atoms with van der Waals surface area (Å²) in [5.74, 6) is 0.431. The minimum absolute atomic E-state index is 0. The maximum atomic E-state index is 11.8. The summed E-state index contributed by atoms with van der Waals surface area (Å²) in [5, 5.41) is 13.9. The molecule has 0 saturated heterocycles. The third-order valence-electron chi connectivity index (χ3n) is 3.16. The van der Waals surface area contributed by atoms with Crippen LogP contribution in [0.1, 0.15) is 17.4 Å². The summed E-state index contributed by atoms with van der Waals surface area (Å²) >= 11 is 1.52. The molecule has 1 unspecified atom stereocenters. The van der Waals surface area contributed by atoms with Crippen LogP contribution in [0.5, 0.6) is 0 Å². The van der Waals surface area contributed by atoms with E-state index in [4.69, 9.17) is 5.73 Å². The predicted octanol–water partition coefficient (Wildman–Crippen LogP) is 1.28. The van der Waals surface area contributed by atoms with E-state index in [0.29, 0.717) is 17.9 Å². The normalized spacial score (nSPS) is 11.4. The van der Waals surface area contributed by atoms with Gasteiger partial charge in [0.05, 0.1) is 5.75 Å².